The summed E-state index contributed by atoms with van der Waals surface area (Å²) in [7, 11) is -1.79. The van der Waals surface area contributed by atoms with Crippen molar-refractivity contribution in [3.63, 3.8) is 0 Å². The number of allylic oxidation sites excluding steroid dienone is 1. The molecular weight excluding hydrogens is 625 g/mol. The van der Waals surface area contributed by atoms with E-state index in [1.54, 1.807) is 30.4 Å². The lowest BCUT2D eigenvalue weighted by Gasteiger charge is -2.28. The van der Waals surface area contributed by atoms with Crippen LogP contribution in [-0.4, -0.2) is 40.0 Å². The monoisotopic (exact) mass is 664 g/mol. The fraction of sp³-hybridized carbons (Fsp3) is 0.237. The van der Waals surface area contributed by atoms with Crippen molar-refractivity contribution >= 4 is 21.4 Å². The van der Waals surface area contributed by atoms with E-state index in [9.17, 15) is 13.7 Å². The lowest BCUT2D eigenvalue weighted by atomic mass is 10.1. The lowest BCUT2D eigenvalue weighted by Crippen LogP contribution is -2.23. The largest absolute Gasteiger partial charge is 0.493 e. The zero-order chi connectivity index (χ0) is 34.1. The molecule has 0 aliphatic carbocycles. The second-order valence-corrected chi connectivity index (χ2v) is 13.5. The fourth-order valence-electron chi connectivity index (χ4n) is 5.43. The summed E-state index contributed by atoms with van der Waals surface area (Å²) < 4.78 is 39.0. The zero-order valence-electron chi connectivity index (χ0n) is 27.6. The number of hydrogen-bond acceptors (Lipinski definition) is 8. The van der Waals surface area contributed by atoms with Gasteiger partial charge in [-0.05, 0) is 90.2 Å². The summed E-state index contributed by atoms with van der Waals surface area (Å²) >= 11 is 0. The van der Waals surface area contributed by atoms with Gasteiger partial charge in [-0.1, -0.05) is 42.5 Å². The van der Waals surface area contributed by atoms with Crippen LogP contribution in [0.25, 0.3) is 0 Å². The standard InChI is InChI=1S/C38H40N4O5S/c1-28-21-35(46-20-18-31-7-6-19-42(27-31)45-3)23-36(22-28)47-34-16-14-33(15-17-34)26-41(25-32-12-10-30(24-39)11-13-32)38-9-5-8-37(29(38)2)40-48(4,43)44/h5-17,21-23,27,40H,18-20,25-26H2,1-4H3. The molecule has 248 valence electrons. The molecule has 0 radical (unpaired) electrons. The lowest BCUT2D eigenvalue weighted by molar-refractivity contribution is -0.0799. The van der Waals surface area contributed by atoms with E-state index >= 15 is 0 Å². The van der Waals surface area contributed by atoms with Crippen LogP contribution in [0.2, 0.25) is 0 Å². The Morgan fingerprint density at radius 3 is 2.27 bits per heavy atom. The van der Waals surface area contributed by atoms with Gasteiger partial charge >= 0.3 is 0 Å². The number of benzene rings is 4. The van der Waals surface area contributed by atoms with E-state index in [2.05, 4.69) is 27.8 Å². The van der Waals surface area contributed by atoms with Crippen LogP contribution in [0.1, 0.15) is 34.2 Å². The molecule has 1 N–H and O–H groups in total. The van der Waals surface area contributed by atoms with Crippen LogP contribution in [0, 0.1) is 25.2 Å². The Hall–Kier alpha value is -5.24. The molecule has 4 aromatic rings. The highest BCUT2D eigenvalue weighted by Gasteiger charge is 2.16. The second-order valence-electron chi connectivity index (χ2n) is 11.7. The van der Waals surface area contributed by atoms with Gasteiger partial charge in [0.1, 0.15) is 17.2 Å². The van der Waals surface area contributed by atoms with Crippen LogP contribution in [0.5, 0.6) is 17.2 Å². The summed E-state index contributed by atoms with van der Waals surface area (Å²) in [6.07, 6.45) is 8.04. The molecule has 0 fully saturated rings. The van der Waals surface area contributed by atoms with E-state index < -0.39 is 10.0 Å². The highest BCUT2D eigenvalue weighted by molar-refractivity contribution is 7.92. The van der Waals surface area contributed by atoms with Gasteiger partial charge in [0.25, 0.3) is 0 Å². The quantitative estimate of drug-likeness (QED) is 0.147. The van der Waals surface area contributed by atoms with E-state index in [4.69, 9.17) is 14.3 Å². The first-order valence-corrected chi connectivity index (χ1v) is 17.5. The summed E-state index contributed by atoms with van der Waals surface area (Å²) in [5.74, 6) is 2.13. The van der Waals surface area contributed by atoms with Gasteiger partial charge < -0.3 is 14.4 Å². The summed E-state index contributed by atoms with van der Waals surface area (Å²) in [4.78, 5) is 7.48. The maximum absolute atomic E-state index is 12.0. The normalized spacial score (nSPS) is 12.6. The predicted octanol–water partition coefficient (Wildman–Crippen LogP) is 7.63. The molecule has 0 amide bonds. The molecule has 0 bridgehead atoms. The van der Waals surface area contributed by atoms with Crippen molar-refractivity contribution < 1.29 is 22.7 Å². The molecule has 1 heterocycles. The van der Waals surface area contributed by atoms with Crippen molar-refractivity contribution in [2.45, 2.75) is 33.4 Å². The number of anilines is 2. The Morgan fingerprint density at radius 2 is 1.60 bits per heavy atom. The first-order chi connectivity index (χ1) is 23.1. The van der Waals surface area contributed by atoms with Crippen molar-refractivity contribution in [2.24, 2.45) is 0 Å². The Bertz CT molecular complexity index is 1930. The molecule has 0 atom stereocenters. The number of rotatable bonds is 14. The number of hydrogen-bond donors (Lipinski definition) is 1. The Balaban J connectivity index is 1.29. The minimum absolute atomic E-state index is 0.525. The van der Waals surface area contributed by atoms with Crippen molar-refractivity contribution in [1.29, 1.82) is 5.26 Å². The van der Waals surface area contributed by atoms with Crippen LogP contribution in [0.15, 0.2) is 109 Å². The van der Waals surface area contributed by atoms with E-state index in [-0.39, 0.29) is 0 Å². The Morgan fingerprint density at radius 1 is 0.917 bits per heavy atom. The number of nitriles is 1. The van der Waals surface area contributed by atoms with Crippen molar-refractivity contribution in [3.05, 3.63) is 137 Å². The topological polar surface area (TPSA) is 104 Å². The minimum Gasteiger partial charge on any atom is -0.493 e. The molecule has 48 heavy (non-hydrogen) atoms. The predicted molar refractivity (Wildman–Crippen MR) is 189 cm³/mol. The maximum Gasteiger partial charge on any atom is 0.229 e. The van der Waals surface area contributed by atoms with Gasteiger partial charge in [-0.2, -0.15) is 5.26 Å². The maximum atomic E-state index is 12.0. The van der Waals surface area contributed by atoms with Crippen LogP contribution >= 0.6 is 0 Å². The van der Waals surface area contributed by atoms with E-state index in [1.165, 1.54) is 0 Å². The number of nitrogens with one attached hydrogen (secondary N) is 1. The molecule has 0 saturated carbocycles. The smallest absolute Gasteiger partial charge is 0.229 e. The second kappa shape index (κ2) is 15.6. The molecule has 0 unspecified atom stereocenters. The molecule has 10 heteroatoms. The van der Waals surface area contributed by atoms with Crippen LogP contribution in [0.3, 0.4) is 0 Å². The van der Waals surface area contributed by atoms with Crippen LogP contribution in [-0.2, 0) is 28.0 Å². The molecular formula is C38H40N4O5S. The van der Waals surface area contributed by atoms with Gasteiger partial charge in [0.2, 0.25) is 10.0 Å². The first kappa shape index (κ1) is 34.1. The van der Waals surface area contributed by atoms with Gasteiger partial charge in [0.15, 0.2) is 0 Å². The minimum atomic E-state index is -3.45. The average molecular weight is 665 g/mol. The summed E-state index contributed by atoms with van der Waals surface area (Å²) in [5.41, 5.74) is 7.08. The van der Waals surface area contributed by atoms with E-state index in [0.29, 0.717) is 42.4 Å². The highest BCUT2D eigenvalue weighted by Crippen LogP contribution is 2.32. The van der Waals surface area contributed by atoms with Crippen molar-refractivity contribution in [3.8, 4) is 23.3 Å². The molecule has 5 rings (SSSR count). The zero-order valence-corrected chi connectivity index (χ0v) is 28.5. The average Bonchev–Trinajstić information content (AvgIpc) is 3.06. The molecule has 0 saturated heterocycles. The van der Waals surface area contributed by atoms with Crippen LogP contribution in [0.4, 0.5) is 11.4 Å². The Kier molecular flexibility index (Phi) is 11.1. The van der Waals surface area contributed by atoms with Gasteiger partial charge in [-0.15, -0.1) is 0 Å². The fourth-order valence-corrected chi connectivity index (χ4v) is 6.05. The molecule has 1 aliphatic rings. The Labute approximate surface area is 283 Å². The molecule has 4 aromatic carbocycles. The van der Waals surface area contributed by atoms with Crippen molar-refractivity contribution in [2.75, 3.05) is 36.1 Å². The molecule has 0 spiro atoms. The van der Waals surface area contributed by atoms with Gasteiger partial charge in [-0.3, -0.25) is 14.6 Å². The number of sulfonamides is 1. The number of nitrogens with zero attached hydrogens (tertiary/aromatic N) is 3. The summed E-state index contributed by atoms with van der Waals surface area (Å²) in [6.45, 7) is 6.28. The first-order valence-electron chi connectivity index (χ1n) is 15.6. The van der Waals surface area contributed by atoms with Crippen molar-refractivity contribution in [1.82, 2.24) is 5.06 Å². The number of ether oxygens (including phenoxy) is 2. The van der Waals surface area contributed by atoms with Gasteiger partial charge in [-0.25, -0.2) is 8.42 Å². The SMILES string of the molecule is CON1C=C(CCOc2cc(C)cc(Oc3ccc(CN(Cc4ccc(C#N)cc4)c4cccc(NS(C)(=O)=O)c4C)cc3)c2)C=CC1. The van der Waals surface area contributed by atoms with Gasteiger partial charge in [0.05, 0.1) is 43.8 Å². The molecule has 0 aromatic heterocycles. The third-order valence-corrected chi connectivity index (χ3v) is 8.37. The number of aryl methyl sites for hydroxylation is 1. The van der Waals surface area contributed by atoms with E-state index in [1.807, 2.05) is 86.8 Å². The highest BCUT2D eigenvalue weighted by atomic mass is 32.2. The summed E-state index contributed by atoms with van der Waals surface area (Å²) in [5, 5.41) is 11.0. The number of hydroxylamine groups is 2. The third-order valence-electron chi connectivity index (χ3n) is 7.78. The van der Waals surface area contributed by atoms with E-state index in [0.717, 1.165) is 58.5 Å². The third kappa shape index (κ3) is 9.64. The molecule has 9 nitrogen and oxygen atoms in total. The van der Waals surface area contributed by atoms with Crippen LogP contribution < -0.4 is 19.1 Å². The summed E-state index contributed by atoms with van der Waals surface area (Å²) in [6, 6.07) is 29.0. The van der Waals surface area contributed by atoms with Gasteiger partial charge in [0, 0.05) is 37.5 Å². The molecule has 1 aliphatic heterocycles.